The highest BCUT2D eigenvalue weighted by Gasteiger charge is 2.49. The number of rotatable bonds is 2. The van der Waals surface area contributed by atoms with E-state index in [1.165, 1.54) is 0 Å². The molecule has 0 spiro atoms. The minimum atomic E-state index is -5.84. The lowest BCUT2D eigenvalue weighted by atomic mass is 9.86. The van der Waals surface area contributed by atoms with E-state index in [9.17, 15) is 31.5 Å². The maximum absolute atomic E-state index is 12.8. The summed E-state index contributed by atoms with van der Waals surface area (Å²) in [5.41, 5.74) is -5.81. The average molecular weight is 384 g/mol. The van der Waals surface area contributed by atoms with Gasteiger partial charge in [-0.3, -0.25) is 4.79 Å². The molecule has 1 heterocycles. The summed E-state index contributed by atoms with van der Waals surface area (Å²) in [6.45, 7) is 3.64. The molecule has 0 amide bonds. The van der Waals surface area contributed by atoms with E-state index < -0.39 is 43.3 Å². The minimum absolute atomic E-state index is 0.0135. The van der Waals surface area contributed by atoms with Gasteiger partial charge in [-0.25, -0.2) is 8.42 Å². The molecule has 0 saturated carbocycles. The van der Waals surface area contributed by atoms with Crippen molar-refractivity contribution in [1.82, 2.24) is 0 Å². The Bertz CT molecular complexity index is 1010. The molecule has 1 aliphatic heterocycles. The van der Waals surface area contributed by atoms with Crippen molar-refractivity contribution < 1.29 is 36.2 Å². The maximum Gasteiger partial charge on any atom is 0.502 e. The number of benzene rings is 2. The quantitative estimate of drug-likeness (QED) is 0.856. The van der Waals surface area contributed by atoms with E-state index in [-0.39, 0.29) is 11.5 Å². The number of Topliss-reactive ketones (excluding diaryl/α,β-unsaturated/α-hetero) is 1. The van der Waals surface area contributed by atoms with E-state index in [0.717, 1.165) is 6.07 Å². The number of alkyl halides is 3. The van der Waals surface area contributed by atoms with Crippen LogP contribution in [-0.4, -0.2) is 24.8 Å². The van der Waals surface area contributed by atoms with Gasteiger partial charge in [-0.15, -0.1) is 0 Å². The third-order valence-corrected chi connectivity index (χ3v) is 5.42. The van der Waals surface area contributed by atoms with Gasteiger partial charge in [-0.2, -0.15) is 13.2 Å². The van der Waals surface area contributed by atoms with Crippen LogP contribution in [0.3, 0.4) is 0 Å². The number of carbonyl (C=O) groups is 1. The second kappa shape index (κ2) is 5.87. The molecular weight excluding hydrogens is 373 g/mol. The summed E-state index contributed by atoms with van der Waals surface area (Å²) >= 11 is 0. The molecule has 9 heteroatoms. The van der Waals surface area contributed by atoms with E-state index >= 15 is 0 Å². The van der Waals surface area contributed by atoms with Crippen LogP contribution in [0.25, 0.3) is 0 Å². The van der Waals surface area contributed by atoms with Gasteiger partial charge in [-0.05, 0) is 17.7 Å². The Kier molecular flexibility index (Phi) is 4.06. The van der Waals surface area contributed by atoms with E-state index in [0.29, 0.717) is 11.6 Å². The Hall–Kier alpha value is -2.81. The predicted molar refractivity (Wildman–Crippen MR) is 84.6 cm³/mol. The van der Waals surface area contributed by atoms with Crippen LogP contribution in [0.4, 0.5) is 13.2 Å². The van der Waals surface area contributed by atoms with Crippen molar-refractivity contribution in [2.75, 3.05) is 0 Å². The number of hydrogen-bond acceptors (Lipinski definition) is 5. The zero-order chi connectivity index (χ0) is 19.3. The molecule has 5 nitrogen and oxygen atoms in total. The van der Waals surface area contributed by atoms with Gasteiger partial charge in [0.2, 0.25) is 0 Å². The van der Waals surface area contributed by atoms with Crippen LogP contribution in [0.15, 0.2) is 59.7 Å². The number of aromatic hydroxyl groups is 1. The van der Waals surface area contributed by atoms with Crippen molar-refractivity contribution in [3.63, 3.8) is 0 Å². The molecule has 1 aliphatic rings. The van der Waals surface area contributed by atoms with Gasteiger partial charge in [0.05, 0.1) is 0 Å². The fourth-order valence-corrected chi connectivity index (χ4v) is 3.54. The van der Waals surface area contributed by atoms with Crippen LogP contribution >= 0.6 is 0 Å². The number of ketones is 1. The van der Waals surface area contributed by atoms with Crippen LogP contribution in [0.1, 0.15) is 21.8 Å². The van der Waals surface area contributed by atoms with Crippen molar-refractivity contribution in [2.45, 2.75) is 16.3 Å². The highest BCUT2D eigenvalue weighted by Crippen LogP contribution is 2.46. The highest BCUT2D eigenvalue weighted by molar-refractivity contribution is 7.92. The first kappa shape index (κ1) is 18.0. The van der Waals surface area contributed by atoms with Gasteiger partial charge in [-0.1, -0.05) is 36.9 Å². The number of sulfone groups is 1. The van der Waals surface area contributed by atoms with Crippen molar-refractivity contribution >= 4 is 15.6 Å². The zero-order valence-electron chi connectivity index (χ0n) is 12.9. The molecule has 0 aromatic heterocycles. The number of phenolic OH excluding ortho intramolecular Hbond substituents is 1. The van der Waals surface area contributed by atoms with Gasteiger partial charge in [0.1, 0.15) is 33.6 Å². The second-order valence-corrected chi connectivity index (χ2v) is 7.42. The first-order valence-electron chi connectivity index (χ1n) is 7.19. The van der Waals surface area contributed by atoms with Gasteiger partial charge in [0, 0.05) is 0 Å². The maximum atomic E-state index is 12.8. The lowest BCUT2D eigenvalue weighted by Gasteiger charge is -2.27. The summed E-state index contributed by atoms with van der Waals surface area (Å²) in [5, 5.41) is 10.1. The van der Waals surface area contributed by atoms with Gasteiger partial charge >= 0.3 is 5.51 Å². The first-order chi connectivity index (χ1) is 12.1. The van der Waals surface area contributed by atoms with Gasteiger partial charge < -0.3 is 9.84 Å². The third-order valence-electron chi connectivity index (χ3n) is 3.90. The lowest BCUT2D eigenvalue weighted by molar-refractivity contribution is -0.0437. The fraction of sp³-hybridized carbons (Fsp3) is 0.118. The molecule has 0 fully saturated rings. The summed E-state index contributed by atoms with van der Waals surface area (Å²) in [7, 11) is -5.84. The molecule has 3 rings (SSSR count). The number of hydrogen-bond donors (Lipinski definition) is 1. The fourth-order valence-electron chi connectivity index (χ4n) is 2.69. The summed E-state index contributed by atoms with van der Waals surface area (Å²) in [6, 6.07) is 9.55. The van der Waals surface area contributed by atoms with Crippen molar-refractivity contribution in [3.05, 3.63) is 65.9 Å². The number of ether oxygens (including phenoxy) is 1. The molecule has 1 N–H and O–H groups in total. The lowest BCUT2D eigenvalue weighted by Crippen LogP contribution is -2.26. The largest absolute Gasteiger partial charge is 0.506 e. The molecule has 0 aliphatic carbocycles. The molecule has 0 bridgehead atoms. The molecule has 1 unspecified atom stereocenters. The van der Waals surface area contributed by atoms with Crippen LogP contribution in [-0.2, 0) is 9.84 Å². The average Bonchev–Trinajstić information content (AvgIpc) is 2.54. The summed E-state index contributed by atoms with van der Waals surface area (Å²) in [4.78, 5) is 11.4. The smallest absolute Gasteiger partial charge is 0.502 e. The summed E-state index contributed by atoms with van der Waals surface area (Å²) in [5.74, 6) is -3.43. The Balaban J connectivity index is 2.19. The monoisotopic (exact) mass is 384 g/mol. The first-order valence-corrected chi connectivity index (χ1v) is 8.67. The molecule has 136 valence electrons. The number of halogens is 3. The Morgan fingerprint density at radius 1 is 1.08 bits per heavy atom. The molecule has 2 aromatic rings. The number of phenols is 1. The SMILES string of the molecule is C=C1Oc2ccc(S(=O)(=O)C(F)(F)F)c(O)c2C(=O)C1c1ccccc1. The van der Waals surface area contributed by atoms with E-state index in [2.05, 4.69) is 6.58 Å². The predicted octanol–water partition coefficient (Wildman–Crippen LogP) is 3.56. The molecular formula is C17H11F3O5S. The van der Waals surface area contributed by atoms with E-state index in [1.54, 1.807) is 30.3 Å². The highest BCUT2D eigenvalue weighted by atomic mass is 32.2. The summed E-state index contributed by atoms with van der Waals surface area (Å²) < 4.78 is 67.0. The summed E-state index contributed by atoms with van der Waals surface area (Å²) in [6.07, 6.45) is 0. The molecule has 0 saturated heterocycles. The van der Waals surface area contributed by atoms with Crippen molar-refractivity contribution in [3.8, 4) is 11.5 Å². The number of allylic oxidation sites excluding steroid dienone is 1. The molecule has 2 aromatic carbocycles. The molecule has 1 atom stereocenters. The number of fused-ring (bicyclic) bond motifs is 1. The normalized spacial score (nSPS) is 17.6. The Morgan fingerprint density at radius 2 is 1.69 bits per heavy atom. The van der Waals surface area contributed by atoms with Gasteiger partial charge in [0.15, 0.2) is 5.78 Å². The van der Waals surface area contributed by atoms with Crippen molar-refractivity contribution in [2.24, 2.45) is 0 Å². The second-order valence-electron chi connectivity index (χ2n) is 5.51. The third kappa shape index (κ3) is 2.64. The standard InChI is InChI=1S/C17H11F3O5S/c1-9-13(10-5-3-2-4-6-10)16(22)14-11(25-9)7-8-12(15(14)21)26(23,24)17(18,19)20/h2-8,13,21H,1H2. The van der Waals surface area contributed by atoms with Crippen LogP contribution in [0.2, 0.25) is 0 Å². The van der Waals surface area contributed by atoms with Crippen LogP contribution in [0.5, 0.6) is 11.5 Å². The van der Waals surface area contributed by atoms with Gasteiger partial charge in [0.25, 0.3) is 9.84 Å². The van der Waals surface area contributed by atoms with E-state index in [4.69, 9.17) is 4.74 Å². The Morgan fingerprint density at radius 3 is 2.27 bits per heavy atom. The molecule has 0 radical (unpaired) electrons. The van der Waals surface area contributed by atoms with Crippen LogP contribution < -0.4 is 4.74 Å². The number of carbonyl (C=O) groups excluding carboxylic acids is 1. The minimum Gasteiger partial charge on any atom is -0.506 e. The van der Waals surface area contributed by atoms with Crippen molar-refractivity contribution in [1.29, 1.82) is 0 Å². The topological polar surface area (TPSA) is 80.7 Å². The molecule has 26 heavy (non-hydrogen) atoms. The Labute approximate surface area is 146 Å². The van der Waals surface area contributed by atoms with E-state index in [1.807, 2.05) is 0 Å². The van der Waals surface area contributed by atoms with Crippen LogP contribution in [0, 0.1) is 0 Å². The zero-order valence-corrected chi connectivity index (χ0v) is 13.8.